The van der Waals surface area contributed by atoms with Gasteiger partial charge in [-0.1, -0.05) is 42.5 Å². The number of nitrogens with zero attached hydrogens (tertiary/aromatic N) is 2. The molecule has 4 aromatic rings. The topological polar surface area (TPSA) is 131 Å². The van der Waals surface area contributed by atoms with E-state index in [0.29, 0.717) is 0 Å². The number of aromatic hydroxyl groups is 1. The Labute approximate surface area is 193 Å². The molecule has 168 valence electrons. The predicted octanol–water partition coefficient (Wildman–Crippen LogP) is 4.44. The molecule has 0 heterocycles. The third-order valence-corrected chi connectivity index (χ3v) is 4.88. The van der Waals surface area contributed by atoms with Gasteiger partial charge in [-0.15, -0.1) is 0 Å². The summed E-state index contributed by atoms with van der Waals surface area (Å²) in [6, 6.07) is 22.2. The van der Waals surface area contributed by atoms with Gasteiger partial charge in [0, 0.05) is 11.6 Å². The van der Waals surface area contributed by atoms with Gasteiger partial charge in [0.05, 0.1) is 22.3 Å². The molecule has 0 saturated heterocycles. The first-order valence-corrected chi connectivity index (χ1v) is 10.0. The first kappa shape index (κ1) is 22.2. The number of hydrogen-bond acceptors (Lipinski definition) is 7. The average molecular weight is 455 g/mol. The Morgan fingerprint density at radius 2 is 1.62 bits per heavy atom. The van der Waals surface area contributed by atoms with E-state index in [1.165, 1.54) is 42.6 Å². The van der Waals surface area contributed by atoms with Crippen molar-refractivity contribution < 1.29 is 24.4 Å². The normalized spacial score (nSPS) is 10.8. The Hall–Kier alpha value is -5.05. The maximum absolute atomic E-state index is 12.4. The summed E-state index contributed by atoms with van der Waals surface area (Å²) in [7, 11) is 0. The highest BCUT2D eigenvalue weighted by Gasteiger charge is 2.19. The average Bonchev–Trinajstić information content (AvgIpc) is 2.84. The Morgan fingerprint density at radius 1 is 0.941 bits per heavy atom. The first-order chi connectivity index (χ1) is 16.4. The van der Waals surface area contributed by atoms with Gasteiger partial charge in [-0.25, -0.2) is 10.2 Å². The minimum Gasteiger partial charge on any atom is -0.507 e. The van der Waals surface area contributed by atoms with Crippen LogP contribution in [0.5, 0.6) is 11.5 Å². The van der Waals surface area contributed by atoms with Crippen molar-refractivity contribution in [2.24, 2.45) is 5.10 Å². The second kappa shape index (κ2) is 9.61. The van der Waals surface area contributed by atoms with Gasteiger partial charge in [-0.05, 0) is 47.2 Å². The highest BCUT2D eigenvalue weighted by Crippen LogP contribution is 2.28. The predicted molar refractivity (Wildman–Crippen MR) is 125 cm³/mol. The number of amides is 1. The summed E-state index contributed by atoms with van der Waals surface area (Å²) < 4.78 is 5.17. The van der Waals surface area contributed by atoms with E-state index in [2.05, 4.69) is 10.5 Å². The zero-order chi connectivity index (χ0) is 24.1. The SMILES string of the molecule is O=C(Oc1ccc(/C=N\NC(=O)c2cc3ccccc3cc2O)cc1[N+](=O)[O-])c1ccccc1. The number of phenols is 1. The van der Waals surface area contributed by atoms with Crippen molar-refractivity contribution >= 4 is 34.6 Å². The van der Waals surface area contributed by atoms with Crippen LogP contribution in [0.2, 0.25) is 0 Å². The number of rotatable bonds is 6. The fraction of sp³-hybridized carbons (Fsp3) is 0. The lowest BCUT2D eigenvalue weighted by atomic mass is 10.1. The summed E-state index contributed by atoms with van der Waals surface area (Å²) in [6.45, 7) is 0. The monoisotopic (exact) mass is 455 g/mol. The number of phenolic OH excluding ortho intramolecular Hbond substituents is 1. The number of ether oxygens (including phenoxy) is 1. The molecule has 0 fully saturated rings. The number of nitro benzene ring substituents is 1. The van der Waals surface area contributed by atoms with Crippen molar-refractivity contribution in [3.8, 4) is 11.5 Å². The number of hydrazone groups is 1. The Morgan fingerprint density at radius 3 is 2.32 bits per heavy atom. The molecule has 9 nitrogen and oxygen atoms in total. The Kier molecular flexibility index (Phi) is 6.26. The summed E-state index contributed by atoms with van der Waals surface area (Å²) >= 11 is 0. The number of carbonyl (C=O) groups excluding carboxylic acids is 2. The number of fused-ring (bicyclic) bond motifs is 1. The molecular weight excluding hydrogens is 438 g/mol. The molecule has 0 aromatic heterocycles. The van der Waals surface area contributed by atoms with Crippen LogP contribution in [-0.2, 0) is 0 Å². The van der Waals surface area contributed by atoms with Gasteiger partial charge in [0.1, 0.15) is 5.75 Å². The molecule has 0 saturated carbocycles. The molecular formula is C25H17N3O6. The lowest BCUT2D eigenvalue weighted by Gasteiger charge is -2.06. The molecule has 0 aliphatic carbocycles. The first-order valence-electron chi connectivity index (χ1n) is 10.0. The third-order valence-electron chi connectivity index (χ3n) is 4.88. The second-order valence-electron chi connectivity index (χ2n) is 7.16. The molecule has 0 unspecified atom stereocenters. The van der Waals surface area contributed by atoms with Crippen LogP contribution in [0.4, 0.5) is 5.69 Å². The van der Waals surface area contributed by atoms with Gasteiger partial charge in [0.15, 0.2) is 0 Å². The van der Waals surface area contributed by atoms with E-state index >= 15 is 0 Å². The van der Waals surface area contributed by atoms with Crippen LogP contribution >= 0.6 is 0 Å². The van der Waals surface area contributed by atoms with Crippen molar-refractivity contribution in [1.82, 2.24) is 5.43 Å². The molecule has 9 heteroatoms. The smallest absolute Gasteiger partial charge is 0.343 e. The Bertz CT molecular complexity index is 1430. The van der Waals surface area contributed by atoms with Gasteiger partial charge >= 0.3 is 11.7 Å². The molecule has 34 heavy (non-hydrogen) atoms. The molecule has 2 N–H and O–H groups in total. The number of esters is 1. The van der Waals surface area contributed by atoms with E-state index < -0.39 is 22.5 Å². The van der Waals surface area contributed by atoms with Crippen LogP contribution in [0.15, 0.2) is 90.0 Å². The van der Waals surface area contributed by atoms with Gasteiger partial charge in [0.2, 0.25) is 5.75 Å². The second-order valence-corrected chi connectivity index (χ2v) is 7.16. The summed E-state index contributed by atoms with van der Waals surface area (Å²) in [6.07, 6.45) is 1.20. The van der Waals surface area contributed by atoms with E-state index in [1.54, 1.807) is 24.3 Å². The molecule has 4 aromatic carbocycles. The van der Waals surface area contributed by atoms with Crippen molar-refractivity contribution in [1.29, 1.82) is 0 Å². The highest BCUT2D eigenvalue weighted by atomic mass is 16.6. The number of benzene rings is 4. The fourth-order valence-electron chi connectivity index (χ4n) is 3.21. The molecule has 0 aliphatic rings. The summed E-state index contributed by atoms with van der Waals surface area (Å²) in [5.74, 6) is -1.80. The lowest BCUT2D eigenvalue weighted by molar-refractivity contribution is -0.385. The van der Waals surface area contributed by atoms with Crippen LogP contribution in [0.1, 0.15) is 26.3 Å². The lowest BCUT2D eigenvalue weighted by Crippen LogP contribution is -2.17. The van der Waals surface area contributed by atoms with Crippen molar-refractivity contribution in [2.45, 2.75) is 0 Å². The third kappa shape index (κ3) is 4.89. The van der Waals surface area contributed by atoms with Crippen LogP contribution < -0.4 is 10.2 Å². The quantitative estimate of drug-likeness (QED) is 0.145. The summed E-state index contributed by atoms with van der Waals surface area (Å²) in [4.78, 5) is 35.5. The van der Waals surface area contributed by atoms with Crippen LogP contribution in [0.25, 0.3) is 10.8 Å². The standard InChI is InChI=1S/C25H17N3O6/c29-22-14-19-9-5-4-8-18(19)13-20(22)24(30)27-26-15-16-10-11-23(21(12-16)28(32)33)34-25(31)17-6-2-1-3-7-17/h1-15,29H,(H,27,30)/b26-15-. The molecule has 0 atom stereocenters. The van der Waals surface area contributed by atoms with Crippen LogP contribution in [-0.4, -0.2) is 28.1 Å². The number of hydrogen-bond donors (Lipinski definition) is 2. The van der Waals surface area contributed by atoms with Gasteiger partial charge in [-0.3, -0.25) is 14.9 Å². The van der Waals surface area contributed by atoms with Crippen LogP contribution in [0.3, 0.4) is 0 Å². The largest absolute Gasteiger partial charge is 0.507 e. The maximum Gasteiger partial charge on any atom is 0.343 e. The molecule has 0 aliphatic heterocycles. The molecule has 1 amide bonds. The van der Waals surface area contributed by atoms with E-state index in [4.69, 9.17) is 4.74 Å². The summed E-state index contributed by atoms with van der Waals surface area (Å²) in [5.41, 5.74) is 2.42. The molecule has 0 spiro atoms. The minimum atomic E-state index is -0.729. The zero-order valence-electron chi connectivity index (χ0n) is 17.5. The fourth-order valence-corrected chi connectivity index (χ4v) is 3.21. The van der Waals surface area contributed by atoms with Crippen molar-refractivity contribution in [3.05, 3.63) is 112 Å². The van der Waals surface area contributed by atoms with E-state index in [1.807, 2.05) is 18.2 Å². The zero-order valence-corrected chi connectivity index (χ0v) is 17.5. The molecule has 4 rings (SSSR count). The van der Waals surface area contributed by atoms with Gasteiger partial charge in [0.25, 0.3) is 5.91 Å². The van der Waals surface area contributed by atoms with Crippen LogP contribution in [0, 0.1) is 10.1 Å². The number of nitro groups is 1. The van der Waals surface area contributed by atoms with E-state index in [9.17, 15) is 24.8 Å². The number of carbonyl (C=O) groups is 2. The number of nitrogens with one attached hydrogen (secondary N) is 1. The molecule has 0 radical (unpaired) electrons. The summed E-state index contributed by atoms with van der Waals surface area (Å²) in [5, 5.41) is 27.0. The van der Waals surface area contributed by atoms with Crippen molar-refractivity contribution in [3.63, 3.8) is 0 Å². The van der Waals surface area contributed by atoms with E-state index in [0.717, 1.165) is 16.8 Å². The highest BCUT2D eigenvalue weighted by molar-refractivity contribution is 6.01. The maximum atomic E-state index is 12.4. The van der Waals surface area contributed by atoms with E-state index in [-0.39, 0.29) is 28.2 Å². The van der Waals surface area contributed by atoms with Crippen molar-refractivity contribution in [2.75, 3.05) is 0 Å². The van der Waals surface area contributed by atoms with Gasteiger partial charge < -0.3 is 9.84 Å². The minimum absolute atomic E-state index is 0.0324. The van der Waals surface area contributed by atoms with Gasteiger partial charge in [-0.2, -0.15) is 5.10 Å². The molecule has 0 bridgehead atoms. The Balaban J connectivity index is 1.49.